The third kappa shape index (κ3) is 6.09. The topological polar surface area (TPSA) is 114 Å². The van der Waals surface area contributed by atoms with Gasteiger partial charge >= 0.3 is 0 Å². The predicted octanol–water partition coefficient (Wildman–Crippen LogP) is 5.53. The average molecular weight is 636 g/mol. The highest BCUT2D eigenvalue weighted by Crippen LogP contribution is 2.33. The van der Waals surface area contributed by atoms with E-state index in [0.29, 0.717) is 29.3 Å². The molecule has 7 rings (SSSR count). The van der Waals surface area contributed by atoms with Crippen molar-refractivity contribution in [3.8, 4) is 33.7 Å². The van der Waals surface area contributed by atoms with Crippen molar-refractivity contribution in [2.24, 2.45) is 0 Å². The van der Waals surface area contributed by atoms with Crippen LogP contribution < -0.4 is 14.7 Å². The molecule has 230 valence electrons. The van der Waals surface area contributed by atoms with Crippen LogP contribution in [0.3, 0.4) is 0 Å². The van der Waals surface area contributed by atoms with Crippen LogP contribution in [-0.4, -0.2) is 49.3 Å². The largest absolute Gasteiger partial charge is 0.497 e. The maximum atomic E-state index is 15.4. The molecule has 0 radical (unpaired) electrons. The summed E-state index contributed by atoms with van der Waals surface area (Å²) in [7, 11) is 1.64. The van der Waals surface area contributed by atoms with Crippen molar-refractivity contribution < 1.29 is 18.6 Å². The van der Waals surface area contributed by atoms with Crippen molar-refractivity contribution >= 4 is 17.5 Å². The second kappa shape index (κ2) is 12.5. The minimum atomic E-state index is -0.571. The highest BCUT2D eigenvalue weighted by Gasteiger charge is 2.24. The van der Waals surface area contributed by atoms with Gasteiger partial charge in [0.05, 0.1) is 35.6 Å². The Balaban J connectivity index is 1.21. The van der Waals surface area contributed by atoms with E-state index in [4.69, 9.17) is 26.4 Å². The number of aromatic nitrogens is 7. The molecule has 1 fully saturated rings. The number of carbonyl (C=O) groups is 1. The van der Waals surface area contributed by atoms with Crippen molar-refractivity contribution in [3.63, 3.8) is 0 Å². The van der Waals surface area contributed by atoms with E-state index in [1.807, 2.05) is 71.5 Å². The molecule has 1 amide bonds. The fourth-order valence-electron chi connectivity index (χ4n) is 5.35. The van der Waals surface area contributed by atoms with Crippen LogP contribution in [0.25, 0.3) is 27.9 Å². The van der Waals surface area contributed by atoms with Crippen LogP contribution >= 0.6 is 11.6 Å². The highest BCUT2D eigenvalue weighted by atomic mass is 35.5. The normalized spacial score (nSPS) is 13.4. The van der Waals surface area contributed by atoms with E-state index in [-0.39, 0.29) is 22.5 Å². The maximum Gasteiger partial charge on any atom is 0.293 e. The Labute approximate surface area is 268 Å². The first-order valence-electron chi connectivity index (χ1n) is 14.8. The zero-order chi connectivity index (χ0) is 31.6. The Morgan fingerprint density at radius 2 is 1.83 bits per heavy atom. The number of benzene rings is 3. The van der Waals surface area contributed by atoms with Gasteiger partial charge in [-0.15, -0.1) is 4.68 Å². The smallest absolute Gasteiger partial charge is 0.293 e. The number of tetrazole rings is 1. The van der Waals surface area contributed by atoms with Gasteiger partial charge in [0.25, 0.3) is 12.2 Å². The molecule has 1 atom stereocenters. The summed E-state index contributed by atoms with van der Waals surface area (Å²) in [6.07, 6.45) is 9.53. The summed E-state index contributed by atoms with van der Waals surface area (Å²) in [5.41, 5.74) is 5.57. The molecule has 3 heterocycles. The molecule has 1 aliphatic rings. The molecule has 1 aliphatic carbocycles. The summed E-state index contributed by atoms with van der Waals surface area (Å²) in [6, 6.07) is 22.3. The molecule has 6 aromatic rings. The van der Waals surface area contributed by atoms with Gasteiger partial charge in [0, 0.05) is 41.5 Å². The second-order valence-corrected chi connectivity index (χ2v) is 11.5. The van der Waals surface area contributed by atoms with Gasteiger partial charge in [-0.25, -0.2) is 4.39 Å². The zero-order valence-electron chi connectivity index (χ0n) is 24.8. The first-order valence-corrected chi connectivity index (χ1v) is 15.2. The van der Waals surface area contributed by atoms with Gasteiger partial charge in [0.15, 0.2) is 11.0 Å². The number of carbonyl (C=O) groups excluding carboxylic acids is 1. The minimum Gasteiger partial charge on any atom is -0.497 e. The molecule has 46 heavy (non-hydrogen) atoms. The van der Waals surface area contributed by atoms with Crippen LogP contribution in [0.15, 0.2) is 97.7 Å². The van der Waals surface area contributed by atoms with Crippen LogP contribution in [-0.2, 0) is 6.42 Å². The lowest BCUT2D eigenvalue weighted by Crippen LogP contribution is -2.33. The van der Waals surface area contributed by atoms with E-state index in [0.717, 1.165) is 41.0 Å². The number of pyridine rings is 1. The molecule has 0 spiro atoms. The molecule has 0 aliphatic heterocycles. The predicted molar refractivity (Wildman–Crippen MR) is 169 cm³/mol. The van der Waals surface area contributed by atoms with Crippen LogP contribution in [0.5, 0.6) is 5.75 Å². The van der Waals surface area contributed by atoms with Crippen molar-refractivity contribution in [2.45, 2.75) is 31.3 Å². The van der Waals surface area contributed by atoms with Gasteiger partial charge in [-0.1, -0.05) is 47.1 Å². The number of nitrogens with one attached hydrogen (secondary N) is 2. The molecule has 1 unspecified atom stereocenters. The van der Waals surface area contributed by atoms with Crippen molar-refractivity contribution in [2.75, 3.05) is 7.11 Å². The SMILES string of the molecule is COc1ccc(CC(c2ccc(-c3c(-[n+]4cnn[nH]4)ccc(Cl)c3F)cn2)n2cc(-c3ccc(C(=O)NC4CC4)cc3)cn2)cc1. The number of methoxy groups -OCH3 is 1. The summed E-state index contributed by atoms with van der Waals surface area (Å²) in [6.45, 7) is 0. The number of hydrogen-bond donors (Lipinski definition) is 2. The van der Waals surface area contributed by atoms with Gasteiger partial charge in [-0.05, 0) is 66.4 Å². The summed E-state index contributed by atoms with van der Waals surface area (Å²) < 4.78 is 24.2. The molecule has 0 saturated heterocycles. The number of aromatic amines is 1. The van der Waals surface area contributed by atoms with E-state index in [2.05, 4.69) is 20.8 Å². The lowest BCUT2D eigenvalue weighted by atomic mass is 10.00. The summed E-state index contributed by atoms with van der Waals surface area (Å²) in [5.74, 6) is 0.143. The zero-order valence-corrected chi connectivity index (χ0v) is 25.5. The first-order chi connectivity index (χ1) is 22.5. The second-order valence-electron chi connectivity index (χ2n) is 11.1. The van der Waals surface area contributed by atoms with Gasteiger partial charge in [-0.2, -0.15) is 5.10 Å². The van der Waals surface area contributed by atoms with Crippen LogP contribution in [0.1, 0.15) is 40.5 Å². The van der Waals surface area contributed by atoms with E-state index < -0.39 is 5.82 Å². The third-order valence-corrected chi connectivity index (χ3v) is 8.32. The Hall–Kier alpha value is -5.42. The summed E-state index contributed by atoms with van der Waals surface area (Å²) >= 11 is 6.18. The van der Waals surface area contributed by atoms with Crippen molar-refractivity contribution in [1.82, 2.24) is 35.6 Å². The monoisotopic (exact) mass is 635 g/mol. The highest BCUT2D eigenvalue weighted by molar-refractivity contribution is 6.31. The number of ether oxygens (including phenoxy) is 1. The maximum absolute atomic E-state index is 15.4. The Kier molecular flexibility index (Phi) is 7.98. The fourth-order valence-corrected chi connectivity index (χ4v) is 5.50. The minimum absolute atomic E-state index is 0.00562. The Bertz CT molecular complexity index is 1970. The van der Waals surface area contributed by atoms with E-state index in [1.165, 1.54) is 17.1 Å². The van der Waals surface area contributed by atoms with E-state index in [9.17, 15) is 4.79 Å². The molecular formula is C34H29ClFN8O2+. The van der Waals surface area contributed by atoms with Crippen molar-refractivity contribution in [3.05, 3.63) is 125 Å². The molecule has 3 aromatic carbocycles. The Morgan fingerprint density at radius 3 is 2.50 bits per heavy atom. The van der Waals surface area contributed by atoms with Crippen LogP contribution in [0, 0.1) is 5.82 Å². The summed E-state index contributed by atoms with van der Waals surface area (Å²) in [4.78, 5) is 17.3. The standard InChI is InChI=1S/C34H28ClFN8O2/c1-46-27-11-2-21(3-12-27)16-31(43-19-25(18-39-43)22-4-6-23(7-5-22)34(45)40-26-9-10-26)29-14-8-24(17-37-29)32-30(44-20-38-41-42-44)15-13-28(35)33(32)36/h2-8,11-15,17-20,26,31H,9-10,16H2,1H3,(H,40,45)/p+1. The Morgan fingerprint density at radius 1 is 1.04 bits per heavy atom. The number of amides is 1. The number of halogens is 2. The first kappa shape index (κ1) is 29.3. The number of rotatable bonds is 10. The van der Waals surface area contributed by atoms with Crippen LogP contribution in [0.4, 0.5) is 4.39 Å². The van der Waals surface area contributed by atoms with Gasteiger partial charge in [0.1, 0.15) is 16.5 Å². The van der Waals surface area contributed by atoms with E-state index >= 15 is 4.39 Å². The molecule has 1 saturated carbocycles. The van der Waals surface area contributed by atoms with Gasteiger partial charge in [-0.3, -0.25) is 14.5 Å². The van der Waals surface area contributed by atoms with E-state index in [1.54, 1.807) is 25.6 Å². The molecule has 12 heteroatoms. The van der Waals surface area contributed by atoms with Gasteiger partial charge in [0.2, 0.25) is 0 Å². The molecule has 0 bridgehead atoms. The molecular weight excluding hydrogens is 607 g/mol. The number of hydrogen-bond acceptors (Lipinski definition) is 6. The number of nitrogens with zero attached hydrogens (tertiary/aromatic N) is 6. The molecule has 10 nitrogen and oxygen atoms in total. The average Bonchev–Trinajstić information content (AvgIpc) is 3.51. The molecule has 2 N–H and O–H groups in total. The lowest BCUT2D eigenvalue weighted by molar-refractivity contribution is -0.659. The summed E-state index contributed by atoms with van der Waals surface area (Å²) in [5, 5.41) is 18.0. The van der Waals surface area contributed by atoms with Gasteiger partial charge < -0.3 is 10.1 Å². The molecule has 3 aromatic heterocycles. The quantitative estimate of drug-likeness (QED) is 0.191. The number of H-pyrrole nitrogens is 1. The lowest BCUT2D eigenvalue weighted by Gasteiger charge is -2.18. The van der Waals surface area contributed by atoms with Crippen molar-refractivity contribution in [1.29, 1.82) is 0 Å². The third-order valence-electron chi connectivity index (χ3n) is 8.03. The fraction of sp³-hybridized carbons (Fsp3) is 0.176. The van der Waals surface area contributed by atoms with Crippen LogP contribution in [0.2, 0.25) is 5.02 Å².